The van der Waals surface area contributed by atoms with Crippen molar-refractivity contribution in [1.82, 2.24) is 0 Å². The maximum Gasteiger partial charge on any atom is 0.0631 e. The maximum atomic E-state index is 3.91. The van der Waals surface area contributed by atoms with Crippen LogP contribution >= 0.6 is 45.2 Å². The molecule has 2 heteroatoms. The standard InChI is InChI=1S/C5H4I2/c1-2-3-4(6)5(2,3)7/h3-4H,1H2/t3?,4-,5+/m1/s1. The molecular weight excluding hydrogens is 314 g/mol. The van der Waals surface area contributed by atoms with E-state index in [1.54, 1.807) is 0 Å². The molecule has 0 aromatic carbocycles. The van der Waals surface area contributed by atoms with Gasteiger partial charge in [-0.25, -0.2) is 0 Å². The van der Waals surface area contributed by atoms with Gasteiger partial charge in [0.1, 0.15) is 0 Å². The molecule has 2 fully saturated rings. The number of alkyl halides is 2. The first-order chi connectivity index (χ1) is 3.19. The molecule has 0 aromatic rings. The minimum Gasteiger partial charge on any atom is -0.0981 e. The van der Waals surface area contributed by atoms with Crippen LogP contribution in [0.5, 0.6) is 0 Å². The highest BCUT2D eigenvalue weighted by Crippen LogP contribution is 2.79. The fraction of sp³-hybridized carbons (Fsp3) is 0.600. The van der Waals surface area contributed by atoms with Crippen molar-refractivity contribution in [2.75, 3.05) is 0 Å². The van der Waals surface area contributed by atoms with Gasteiger partial charge in [-0.3, -0.25) is 0 Å². The lowest BCUT2D eigenvalue weighted by Gasteiger charge is -1.94. The normalized spacial score (nSPS) is 64.6. The van der Waals surface area contributed by atoms with Gasteiger partial charge in [-0.2, -0.15) is 0 Å². The van der Waals surface area contributed by atoms with E-state index >= 15 is 0 Å². The summed E-state index contributed by atoms with van der Waals surface area (Å²) >= 11 is 5.00. The predicted octanol–water partition coefficient (Wildman–Crippen LogP) is 2.16. The van der Waals surface area contributed by atoms with E-state index in [0.717, 1.165) is 9.84 Å². The summed E-state index contributed by atoms with van der Waals surface area (Å²) in [5.41, 5.74) is 1.48. The summed E-state index contributed by atoms with van der Waals surface area (Å²) in [6.07, 6.45) is 0. The zero-order chi connectivity index (χ0) is 5.23. The average molecular weight is 318 g/mol. The van der Waals surface area contributed by atoms with Crippen LogP contribution in [0, 0.1) is 5.92 Å². The van der Waals surface area contributed by atoms with Crippen LogP contribution in [0.15, 0.2) is 12.2 Å². The summed E-state index contributed by atoms with van der Waals surface area (Å²) in [5, 5.41) is 0. The van der Waals surface area contributed by atoms with E-state index in [1.807, 2.05) is 0 Å². The quantitative estimate of drug-likeness (QED) is 0.365. The van der Waals surface area contributed by atoms with Crippen molar-refractivity contribution in [3.05, 3.63) is 12.2 Å². The van der Waals surface area contributed by atoms with Gasteiger partial charge in [0, 0.05) is 9.84 Å². The summed E-state index contributed by atoms with van der Waals surface area (Å²) in [5.74, 6) is 0.911. The molecule has 38 valence electrons. The van der Waals surface area contributed by atoms with E-state index < -0.39 is 0 Å². The van der Waals surface area contributed by atoms with E-state index in [9.17, 15) is 0 Å². The first-order valence-electron chi connectivity index (χ1n) is 2.21. The molecule has 0 saturated heterocycles. The summed E-state index contributed by atoms with van der Waals surface area (Å²) in [4.78, 5) is 0. The second-order valence-corrected chi connectivity index (χ2v) is 5.30. The highest BCUT2D eigenvalue weighted by atomic mass is 127. The lowest BCUT2D eigenvalue weighted by atomic mass is 10.3. The van der Waals surface area contributed by atoms with Crippen molar-refractivity contribution in [3.8, 4) is 0 Å². The van der Waals surface area contributed by atoms with Crippen molar-refractivity contribution < 1.29 is 0 Å². The van der Waals surface area contributed by atoms with Crippen LogP contribution in [0.25, 0.3) is 0 Å². The zero-order valence-corrected chi connectivity index (χ0v) is 7.93. The molecule has 0 aliphatic heterocycles. The van der Waals surface area contributed by atoms with Crippen LogP contribution in [0.4, 0.5) is 0 Å². The Morgan fingerprint density at radius 2 is 2.14 bits per heavy atom. The zero-order valence-electron chi connectivity index (χ0n) is 3.62. The third kappa shape index (κ3) is 0.362. The van der Waals surface area contributed by atoms with Crippen LogP contribution in [-0.2, 0) is 0 Å². The number of rotatable bonds is 0. The van der Waals surface area contributed by atoms with E-state index in [-0.39, 0.29) is 0 Å². The van der Waals surface area contributed by atoms with E-state index in [2.05, 4.69) is 51.8 Å². The van der Waals surface area contributed by atoms with Gasteiger partial charge in [0.2, 0.25) is 0 Å². The van der Waals surface area contributed by atoms with Gasteiger partial charge >= 0.3 is 0 Å². The fourth-order valence-electron chi connectivity index (χ4n) is 0.979. The van der Waals surface area contributed by atoms with Crippen LogP contribution in [0.1, 0.15) is 0 Å². The molecule has 7 heavy (non-hydrogen) atoms. The molecule has 0 N–H and O–H groups in total. The Kier molecular flexibility index (Phi) is 0.757. The number of halogens is 2. The van der Waals surface area contributed by atoms with Crippen LogP contribution < -0.4 is 0 Å². The molecule has 2 aliphatic rings. The summed E-state index contributed by atoms with van der Waals surface area (Å²) < 4.78 is 1.52. The second-order valence-electron chi connectivity index (χ2n) is 2.17. The average Bonchev–Trinajstić information content (AvgIpc) is 2.31. The molecule has 0 spiro atoms. The molecule has 0 amide bonds. The molecule has 2 saturated carbocycles. The smallest absolute Gasteiger partial charge is 0.0631 e. The topological polar surface area (TPSA) is 0 Å². The molecular formula is C5H4I2. The Morgan fingerprint density at radius 3 is 2.14 bits per heavy atom. The Bertz CT molecular complexity index is 152. The number of fused-ring (bicyclic) bond motifs is 1. The van der Waals surface area contributed by atoms with Crippen molar-refractivity contribution in [2.45, 2.75) is 7.35 Å². The molecule has 0 nitrogen and oxygen atoms in total. The number of hydrogen-bond acceptors (Lipinski definition) is 0. The van der Waals surface area contributed by atoms with Crippen molar-refractivity contribution in [1.29, 1.82) is 0 Å². The third-order valence-corrected chi connectivity index (χ3v) is 6.75. The van der Waals surface area contributed by atoms with Gasteiger partial charge < -0.3 is 0 Å². The molecule has 0 aromatic heterocycles. The third-order valence-electron chi connectivity index (χ3n) is 1.82. The molecule has 0 bridgehead atoms. The van der Waals surface area contributed by atoms with Crippen LogP contribution in [0.2, 0.25) is 0 Å². The van der Waals surface area contributed by atoms with Crippen LogP contribution in [-0.4, -0.2) is 7.35 Å². The Labute approximate surface area is 70.0 Å². The Balaban J connectivity index is 2.31. The maximum absolute atomic E-state index is 3.91. The SMILES string of the molecule is C=C1C2[C@@H](I)[C@]12I. The number of allylic oxidation sites excluding steroid dienone is 1. The van der Waals surface area contributed by atoms with Crippen molar-refractivity contribution >= 4 is 45.2 Å². The lowest BCUT2D eigenvalue weighted by molar-refractivity contribution is 1.19. The molecule has 2 aliphatic carbocycles. The molecule has 3 atom stereocenters. The first kappa shape index (κ1) is 5.02. The van der Waals surface area contributed by atoms with Gasteiger partial charge in [0.05, 0.1) is 3.42 Å². The van der Waals surface area contributed by atoms with E-state index in [4.69, 9.17) is 0 Å². The molecule has 0 heterocycles. The minimum absolute atomic E-state index is 0.596. The number of hydrogen-bond donors (Lipinski definition) is 0. The van der Waals surface area contributed by atoms with E-state index in [0.29, 0.717) is 3.42 Å². The molecule has 0 radical (unpaired) electrons. The Hall–Kier alpha value is 1.20. The predicted molar refractivity (Wildman–Crippen MR) is 47.2 cm³/mol. The highest BCUT2D eigenvalue weighted by Gasteiger charge is 2.80. The minimum atomic E-state index is 0.596. The second kappa shape index (κ2) is 1.05. The molecule has 2 rings (SSSR count). The van der Waals surface area contributed by atoms with Gasteiger partial charge in [-0.1, -0.05) is 57.3 Å². The van der Waals surface area contributed by atoms with Gasteiger partial charge in [0.25, 0.3) is 0 Å². The first-order valence-corrected chi connectivity index (χ1v) is 4.53. The molecule has 1 unspecified atom stereocenters. The fourth-order valence-corrected chi connectivity index (χ4v) is 4.34. The highest BCUT2D eigenvalue weighted by molar-refractivity contribution is 14.1. The largest absolute Gasteiger partial charge is 0.0981 e. The van der Waals surface area contributed by atoms with Crippen LogP contribution in [0.3, 0.4) is 0 Å². The Morgan fingerprint density at radius 1 is 1.71 bits per heavy atom. The van der Waals surface area contributed by atoms with Gasteiger partial charge in [-0.05, 0) is 0 Å². The summed E-state index contributed by atoms with van der Waals surface area (Å²) in [7, 11) is 0. The van der Waals surface area contributed by atoms with Crippen molar-refractivity contribution in [3.63, 3.8) is 0 Å². The lowest BCUT2D eigenvalue weighted by Crippen LogP contribution is -1.93. The van der Waals surface area contributed by atoms with Crippen molar-refractivity contribution in [2.24, 2.45) is 5.92 Å². The summed E-state index contributed by atoms with van der Waals surface area (Å²) in [6, 6.07) is 0. The van der Waals surface area contributed by atoms with E-state index in [1.165, 1.54) is 5.57 Å². The van der Waals surface area contributed by atoms with Gasteiger partial charge in [-0.15, -0.1) is 0 Å². The summed E-state index contributed by atoms with van der Waals surface area (Å²) in [6.45, 7) is 3.91. The monoisotopic (exact) mass is 318 g/mol. The van der Waals surface area contributed by atoms with Gasteiger partial charge in [0.15, 0.2) is 0 Å².